The molecule has 8 nitrogen and oxygen atoms in total. The summed E-state index contributed by atoms with van der Waals surface area (Å²) in [5, 5.41) is 17.3. The van der Waals surface area contributed by atoms with Crippen LogP contribution < -0.4 is 5.32 Å². The van der Waals surface area contributed by atoms with Crippen LogP contribution in [0.15, 0.2) is 47.7 Å². The van der Waals surface area contributed by atoms with Gasteiger partial charge in [-0.25, -0.2) is 4.79 Å². The number of phenols is 1. The van der Waals surface area contributed by atoms with Crippen molar-refractivity contribution in [1.29, 1.82) is 0 Å². The minimum absolute atomic E-state index is 0.0498. The highest BCUT2D eigenvalue weighted by Crippen LogP contribution is 2.19. The average Bonchev–Trinajstić information content (AvgIpc) is 2.77. The number of fused-ring (bicyclic) bond motifs is 1. The number of nitrogens with zero attached hydrogens (tertiary/aromatic N) is 2. The van der Waals surface area contributed by atoms with Crippen molar-refractivity contribution in [3.63, 3.8) is 0 Å². The molecular formula is C23H29N3O5. The molecule has 2 aliphatic rings. The number of piperazine rings is 1. The molecule has 8 heteroatoms. The summed E-state index contributed by atoms with van der Waals surface area (Å²) < 4.78 is 5.35. The highest BCUT2D eigenvalue weighted by Gasteiger charge is 2.17. The van der Waals surface area contributed by atoms with Crippen molar-refractivity contribution in [2.75, 3.05) is 39.4 Å². The van der Waals surface area contributed by atoms with E-state index in [1.807, 2.05) is 18.2 Å². The van der Waals surface area contributed by atoms with E-state index in [0.29, 0.717) is 43.0 Å². The molecule has 0 unspecified atom stereocenters. The lowest BCUT2D eigenvalue weighted by Crippen LogP contribution is -2.47. The number of carbonyl (C=O) groups is 2. The molecule has 1 aromatic rings. The fourth-order valence-corrected chi connectivity index (χ4v) is 3.36. The van der Waals surface area contributed by atoms with Gasteiger partial charge in [0.05, 0.1) is 17.9 Å². The maximum absolute atomic E-state index is 12.5. The highest BCUT2D eigenvalue weighted by molar-refractivity contribution is 5.99. The van der Waals surface area contributed by atoms with E-state index in [1.165, 1.54) is 12.1 Å². The van der Waals surface area contributed by atoms with Gasteiger partial charge in [0.15, 0.2) is 6.61 Å². The number of phenolic OH excluding ortho intramolecular Hbond substituents is 1. The van der Waals surface area contributed by atoms with Gasteiger partial charge in [-0.2, -0.15) is 0 Å². The molecule has 3 rings (SSSR count). The van der Waals surface area contributed by atoms with Gasteiger partial charge in [0.1, 0.15) is 5.75 Å². The Morgan fingerprint density at radius 2 is 1.94 bits per heavy atom. The first-order valence-corrected chi connectivity index (χ1v) is 10.6. The van der Waals surface area contributed by atoms with Crippen molar-refractivity contribution in [3.05, 3.63) is 53.6 Å². The third kappa shape index (κ3) is 7.25. The standard InChI is InChI=1S/C23H29N3O5/c27-20-8-9-21-18(16-20)15-19(7-5-3-1-2-4-6-14-30-23(21)29)25-31-17-22(28)26-12-10-24-11-13-26/h2,4-5,7-9,16,24,27H,1,3,6,10-15,17H2/b4-2+,7-5+,25-19+. The Balaban J connectivity index is 1.75. The number of ether oxygens (including phenoxy) is 1. The smallest absolute Gasteiger partial charge is 0.338 e. The molecule has 0 spiro atoms. The molecule has 0 atom stereocenters. The van der Waals surface area contributed by atoms with Gasteiger partial charge in [0, 0.05) is 32.6 Å². The zero-order valence-corrected chi connectivity index (χ0v) is 17.6. The van der Waals surface area contributed by atoms with Gasteiger partial charge in [0.2, 0.25) is 0 Å². The zero-order chi connectivity index (χ0) is 21.9. The Kier molecular flexibility index (Phi) is 8.66. The Hall–Kier alpha value is -3.13. The lowest BCUT2D eigenvalue weighted by molar-refractivity contribution is -0.136. The van der Waals surface area contributed by atoms with Crippen LogP contribution in [-0.4, -0.2) is 67.0 Å². The van der Waals surface area contributed by atoms with Gasteiger partial charge < -0.3 is 24.9 Å². The van der Waals surface area contributed by atoms with Crippen LogP contribution >= 0.6 is 0 Å². The van der Waals surface area contributed by atoms with Crippen LogP contribution in [0.3, 0.4) is 0 Å². The molecule has 1 fully saturated rings. The number of aromatic hydroxyl groups is 1. The fraction of sp³-hybridized carbons (Fsp3) is 0.435. The Morgan fingerprint density at radius 1 is 1.16 bits per heavy atom. The zero-order valence-electron chi connectivity index (χ0n) is 17.6. The van der Waals surface area contributed by atoms with Gasteiger partial charge in [-0.15, -0.1) is 0 Å². The quantitative estimate of drug-likeness (QED) is 0.436. The molecule has 2 aliphatic heterocycles. The SMILES string of the molecule is O=C1OCC/C=C/CC/C=C/C(=N\OCC(=O)N2CCNCC2)Cc2cc(O)ccc21. The number of esters is 1. The van der Waals surface area contributed by atoms with Gasteiger partial charge in [-0.05, 0) is 49.1 Å². The normalized spacial score (nSPS) is 21.5. The van der Waals surface area contributed by atoms with E-state index in [-0.39, 0.29) is 24.7 Å². The predicted octanol–water partition coefficient (Wildman–Crippen LogP) is 2.19. The summed E-state index contributed by atoms with van der Waals surface area (Å²) in [5.74, 6) is -0.505. The number of cyclic esters (lactones) is 1. The average molecular weight is 428 g/mol. The highest BCUT2D eigenvalue weighted by atomic mass is 16.6. The number of amides is 1. The molecule has 0 bridgehead atoms. The van der Waals surface area contributed by atoms with E-state index in [0.717, 1.165) is 25.9 Å². The van der Waals surface area contributed by atoms with Gasteiger partial charge >= 0.3 is 5.97 Å². The van der Waals surface area contributed by atoms with Crippen molar-refractivity contribution in [2.24, 2.45) is 5.16 Å². The Bertz CT molecular complexity index is 857. The van der Waals surface area contributed by atoms with E-state index >= 15 is 0 Å². The van der Waals surface area contributed by atoms with Gasteiger partial charge in [-0.1, -0.05) is 23.4 Å². The molecule has 166 valence electrons. The number of nitrogens with one attached hydrogen (secondary N) is 1. The lowest BCUT2D eigenvalue weighted by Gasteiger charge is -2.26. The van der Waals surface area contributed by atoms with Crippen molar-refractivity contribution < 1.29 is 24.3 Å². The number of carbonyl (C=O) groups excluding carboxylic acids is 2. The molecule has 2 N–H and O–H groups in total. The van der Waals surface area contributed by atoms with E-state index in [9.17, 15) is 14.7 Å². The summed E-state index contributed by atoms with van der Waals surface area (Å²) in [6, 6.07) is 4.53. The number of allylic oxidation sites excluding steroid dienone is 3. The molecule has 0 radical (unpaired) electrons. The fourth-order valence-electron chi connectivity index (χ4n) is 3.36. The molecule has 0 saturated carbocycles. The predicted molar refractivity (Wildman–Crippen MR) is 117 cm³/mol. The maximum atomic E-state index is 12.5. The van der Waals surface area contributed by atoms with Crippen molar-refractivity contribution in [3.8, 4) is 5.75 Å². The number of benzene rings is 1. The first-order valence-electron chi connectivity index (χ1n) is 10.6. The van der Waals surface area contributed by atoms with E-state index in [1.54, 1.807) is 11.0 Å². The molecule has 0 aromatic heterocycles. The topological polar surface area (TPSA) is 100 Å². The molecule has 31 heavy (non-hydrogen) atoms. The number of hydrogen-bond donors (Lipinski definition) is 2. The minimum Gasteiger partial charge on any atom is -0.508 e. The third-order valence-corrected chi connectivity index (χ3v) is 5.01. The van der Waals surface area contributed by atoms with E-state index in [4.69, 9.17) is 9.57 Å². The molecule has 0 aliphatic carbocycles. The van der Waals surface area contributed by atoms with Crippen LogP contribution in [-0.2, 0) is 20.8 Å². The monoisotopic (exact) mass is 427 g/mol. The Labute approximate surface area is 182 Å². The molecule has 2 heterocycles. The summed E-state index contributed by atoms with van der Waals surface area (Å²) in [7, 11) is 0. The van der Waals surface area contributed by atoms with E-state index in [2.05, 4.69) is 16.5 Å². The Morgan fingerprint density at radius 3 is 2.77 bits per heavy atom. The first kappa shape index (κ1) is 22.6. The van der Waals surface area contributed by atoms with Crippen molar-refractivity contribution in [1.82, 2.24) is 10.2 Å². The number of hydrogen-bond acceptors (Lipinski definition) is 7. The van der Waals surface area contributed by atoms with Crippen LogP contribution in [0.5, 0.6) is 5.75 Å². The minimum atomic E-state index is -0.446. The summed E-state index contributed by atoms with van der Waals surface area (Å²) in [6.45, 7) is 3.00. The summed E-state index contributed by atoms with van der Waals surface area (Å²) >= 11 is 0. The summed E-state index contributed by atoms with van der Waals surface area (Å²) in [4.78, 5) is 31.9. The van der Waals surface area contributed by atoms with Gasteiger partial charge in [0.25, 0.3) is 5.91 Å². The largest absolute Gasteiger partial charge is 0.508 e. The summed E-state index contributed by atoms with van der Waals surface area (Å²) in [6.07, 6.45) is 10.4. The van der Waals surface area contributed by atoms with Crippen LogP contribution in [0.25, 0.3) is 0 Å². The lowest BCUT2D eigenvalue weighted by atomic mass is 10.0. The van der Waals surface area contributed by atoms with Crippen LogP contribution in [0.2, 0.25) is 0 Å². The maximum Gasteiger partial charge on any atom is 0.338 e. The first-order chi connectivity index (χ1) is 15.1. The molecule has 1 amide bonds. The molecular weight excluding hydrogens is 398 g/mol. The number of oxime groups is 1. The van der Waals surface area contributed by atoms with Crippen molar-refractivity contribution >= 4 is 17.6 Å². The summed E-state index contributed by atoms with van der Waals surface area (Å²) in [5.41, 5.74) is 1.50. The van der Waals surface area contributed by atoms with Crippen LogP contribution in [0.4, 0.5) is 0 Å². The van der Waals surface area contributed by atoms with Crippen molar-refractivity contribution in [2.45, 2.75) is 25.7 Å². The van der Waals surface area contributed by atoms with E-state index < -0.39 is 5.97 Å². The molecule has 1 saturated heterocycles. The number of rotatable bonds is 3. The third-order valence-electron chi connectivity index (χ3n) is 5.01. The molecule has 1 aromatic carbocycles. The second-order valence-electron chi connectivity index (χ2n) is 7.38. The second kappa shape index (κ2) is 11.9. The van der Waals surface area contributed by atoms with Crippen LogP contribution in [0, 0.1) is 0 Å². The van der Waals surface area contributed by atoms with Crippen LogP contribution in [0.1, 0.15) is 35.2 Å². The van der Waals surface area contributed by atoms with Gasteiger partial charge in [-0.3, -0.25) is 4.79 Å². The second-order valence-corrected chi connectivity index (χ2v) is 7.38.